The number of hydrogen-bond acceptors (Lipinski definition) is 5. The summed E-state index contributed by atoms with van der Waals surface area (Å²) in [5, 5.41) is 1.88. The summed E-state index contributed by atoms with van der Waals surface area (Å²) in [5.41, 5.74) is 3.87. The van der Waals surface area contributed by atoms with E-state index in [0.29, 0.717) is 6.20 Å². The number of nitrogens with zero attached hydrogens (tertiary/aromatic N) is 2. The lowest BCUT2D eigenvalue weighted by Crippen LogP contribution is -2.41. The van der Waals surface area contributed by atoms with Gasteiger partial charge in [-0.2, -0.15) is 13.2 Å². The molecule has 6 nitrogen and oxygen atoms in total. The molecule has 2 aromatic heterocycles. The summed E-state index contributed by atoms with van der Waals surface area (Å²) in [5.74, 6) is -1.31. The van der Waals surface area contributed by atoms with Gasteiger partial charge in [0.15, 0.2) is 0 Å². The van der Waals surface area contributed by atoms with E-state index in [1.807, 2.05) is 0 Å². The van der Waals surface area contributed by atoms with Gasteiger partial charge < -0.3 is 0 Å². The van der Waals surface area contributed by atoms with Gasteiger partial charge in [-0.25, -0.2) is 4.98 Å². The molecule has 2 heterocycles. The van der Waals surface area contributed by atoms with Gasteiger partial charge in [0.1, 0.15) is 10.7 Å². The number of halogens is 4. The molecule has 0 aliphatic heterocycles. The maximum Gasteiger partial charge on any atom is 0.417 e. The first-order valence-electron chi connectivity index (χ1n) is 7.60. The number of thiazole rings is 1. The molecule has 0 spiro atoms. The first-order chi connectivity index (χ1) is 13.3. The Balaban J connectivity index is 1.66. The minimum absolute atomic E-state index is 0.0267. The average molecular weight is 427 g/mol. The largest absolute Gasteiger partial charge is 0.417 e. The molecule has 2 amide bonds. The van der Waals surface area contributed by atoms with Crippen molar-refractivity contribution in [3.8, 4) is 10.7 Å². The minimum atomic E-state index is -4.49. The lowest BCUT2D eigenvalue weighted by molar-refractivity contribution is -0.137. The van der Waals surface area contributed by atoms with Crippen LogP contribution in [0.25, 0.3) is 10.7 Å². The minimum Gasteiger partial charge on any atom is -0.267 e. The third kappa shape index (κ3) is 4.46. The standard InChI is InChI=1S/C17H10ClF3N4O2S/c18-11-4-2-1-3-10(11)14(26)24-25-15(27)13-8-28-16(23-13)12-6-5-9(7-22-12)17(19,20)21/h1-8H,(H,24,26)(H,25,27). The number of hydrogen-bond donors (Lipinski definition) is 2. The Kier molecular flexibility index (Phi) is 5.61. The van der Waals surface area contributed by atoms with Crippen LogP contribution in [0.15, 0.2) is 48.0 Å². The third-order valence-electron chi connectivity index (χ3n) is 3.45. The summed E-state index contributed by atoms with van der Waals surface area (Å²) >= 11 is 6.93. The smallest absolute Gasteiger partial charge is 0.267 e. The van der Waals surface area contributed by atoms with Gasteiger partial charge in [-0.1, -0.05) is 23.7 Å². The van der Waals surface area contributed by atoms with E-state index in [2.05, 4.69) is 20.8 Å². The second-order valence-corrected chi connectivity index (χ2v) is 6.62. The van der Waals surface area contributed by atoms with Crippen molar-refractivity contribution in [2.75, 3.05) is 0 Å². The highest BCUT2D eigenvalue weighted by molar-refractivity contribution is 7.13. The molecule has 0 bridgehead atoms. The highest BCUT2D eigenvalue weighted by Crippen LogP contribution is 2.30. The van der Waals surface area contributed by atoms with Crippen molar-refractivity contribution in [3.63, 3.8) is 0 Å². The van der Waals surface area contributed by atoms with Crippen molar-refractivity contribution in [1.29, 1.82) is 0 Å². The lowest BCUT2D eigenvalue weighted by Gasteiger charge is -2.07. The van der Waals surface area contributed by atoms with Gasteiger partial charge >= 0.3 is 6.18 Å². The summed E-state index contributed by atoms with van der Waals surface area (Å²) in [4.78, 5) is 31.9. The fraction of sp³-hybridized carbons (Fsp3) is 0.0588. The van der Waals surface area contributed by atoms with E-state index in [1.165, 1.54) is 23.6 Å². The van der Waals surface area contributed by atoms with Crippen LogP contribution >= 0.6 is 22.9 Å². The topological polar surface area (TPSA) is 84.0 Å². The summed E-state index contributed by atoms with van der Waals surface area (Å²) in [6.07, 6.45) is -3.79. The van der Waals surface area contributed by atoms with Crippen molar-refractivity contribution >= 4 is 34.8 Å². The van der Waals surface area contributed by atoms with E-state index in [0.717, 1.165) is 17.4 Å². The van der Waals surface area contributed by atoms with Crippen molar-refractivity contribution in [2.45, 2.75) is 6.18 Å². The molecule has 0 unspecified atom stereocenters. The Morgan fingerprint density at radius 3 is 2.39 bits per heavy atom. The highest BCUT2D eigenvalue weighted by atomic mass is 35.5. The maximum absolute atomic E-state index is 12.6. The van der Waals surface area contributed by atoms with Crippen LogP contribution in [-0.2, 0) is 6.18 Å². The highest BCUT2D eigenvalue weighted by Gasteiger charge is 2.30. The zero-order valence-electron chi connectivity index (χ0n) is 13.7. The number of alkyl halides is 3. The van der Waals surface area contributed by atoms with Gasteiger partial charge in [0, 0.05) is 11.6 Å². The SMILES string of the molecule is O=C(NNC(=O)c1ccccc1Cl)c1csc(-c2ccc(C(F)(F)F)cn2)n1. The second kappa shape index (κ2) is 7.95. The number of benzene rings is 1. The fourth-order valence-corrected chi connectivity index (χ4v) is 3.07. The summed E-state index contributed by atoms with van der Waals surface area (Å²) < 4.78 is 37.7. The quantitative estimate of drug-likeness (QED) is 0.621. The summed E-state index contributed by atoms with van der Waals surface area (Å²) in [6, 6.07) is 8.34. The van der Waals surface area contributed by atoms with E-state index >= 15 is 0 Å². The molecule has 0 aliphatic carbocycles. The molecule has 3 rings (SSSR count). The van der Waals surface area contributed by atoms with Crippen LogP contribution < -0.4 is 10.9 Å². The Morgan fingerprint density at radius 1 is 1.04 bits per heavy atom. The van der Waals surface area contributed by atoms with Gasteiger partial charge in [-0.15, -0.1) is 11.3 Å². The maximum atomic E-state index is 12.6. The normalized spacial score (nSPS) is 11.1. The van der Waals surface area contributed by atoms with Crippen LogP contribution in [0.1, 0.15) is 26.4 Å². The molecule has 0 fully saturated rings. The predicted molar refractivity (Wildman–Crippen MR) is 96.7 cm³/mol. The number of pyridine rings is 1. The molecule has 144 valence electrons. The molecule has 0 aliphatic rings. The fourth-order valence-electron chi connectivity index (χ4n) is 2.07. The van der Waals surface area contributed by atoms with Gasteiger partial charge in [0.2, 0.25) is 0 Å². The first-order valence-corrected chi connectivity index (χ1v) is 8.86. The Hall–Kier alpha value is -2.98. The first kappa shape index (κ1) is 19.8. The summed E-state index contributed by atoms with van der Waals surface area (Å²) in [7, 11) is 0. The van der Waals surface area contributed by atoms with E-state index in [-0.39, 0.29) is 27.0 Å². The number of rotatable bonds is 3. The Morgan fingerprint density at radius 2 is 1.75 bits per heavy atom. The van der Waals surface area contributed by atoms with Gasteiger partial charge in [-0.05, 0) is 24.3 Å². The number of nitrogens with one attached hydrogen (secondary N) is 2. The molecule has 1 aromatic carbocycles. The monoisotopic (exact) mass is 426 g/mol. The molecule has 28 heavy (non-hydrogen) atoms. The average Bonchev–Trinajstić information content (AvgIpc) is 3.16. The second-order valence-electron chi connectivity index (χ2n) is 5.36. The van der Waals surface area contributed by atoms with Crippen LogP contribution in [0.4, 0.5) is 13.2 Å². The number of hydrazine groups is 1. The van der Waals surface area contributed by atoms with Crippen LogP contribution in [-0.4, -0.2) is 21.8 Å². The lowest BCUT2D eigenvalue weighted by atomic mass is 10.2. The molecule has 0 saturated heterocycles. The molecular weight excluding hydrogens is 417 g/mol. The van der Waals surface area contributed by atoms with Crippen molar-refractivity contribution in [1.82, 2.24) is 20.8 Å². The van der Waals surface area contributed by atoms with Gasteiger partial charge in [-0.3, -0.25) is 25.4 Å². The number of amides is 2. The van der Waals surface area contributed by atoms with Crippen LogP contribution in [0.5, 0.6) is 0 Å². The van der Waals surface area contributed by atoms with Crippen LogP contribution in [0, 0.1) is 0 Å². The predicted octanol–water partition coefficient (Wildman–Crippen LogP) is 3.95. The van der Waals surface area contributed by atoms with Crippen molar-refractivity contribution < 1.29 is 22.8 Å². The Bertz CT molecular complexity index is 1020. The number of carbonyl (C=O) groups is 2. The number of aromatic nitrogens is 2. The molecule has 3 aromatic rings. The molecular formula is C17H10ClF3N4O2S. The van der Waals surface area contributed by atoms with E-state index < -0.39 is 23.6 Å². The molecule has 2 N–H and O–H groups in total. The summed E-state index contributed by atoms with van der Waals surface area (Å²) in [6.45, 7) is 0. The molecule has 0 saturated carbocycles. The number of carbonyl (C=O) groups excluding carboxylic acids is 2. The van der Waals surface area contributed by atoms with Crippen LogP contribution in [0.3, 0.4) is 0 Å². The Labute approximate surface area is 165 Å². The van der Waals surface area contributed by atoms with E-state index in [4.69, 9.17) is 11.6 Å². The molecule has 0 radical (unpaired) electrons. The van der Waals surface area contributed by atoms with Crippen molar-refractivity contribution in [2.24, 2.45) is 0 Å². The third-order valence-corrected chi connectivity index (χ3v) is 4.65. The molecule has 11 heteroatoms. The zero-order valence-corrected chi connectivity index (χ0v) is 15.3. The van der Waals surface area contributed by atoms with Gasteiger partial charge in [0.25, 0.3) is 11.8 Å². The van der Waals surface area contributed by atoms with Gasteiger partial charge in [0.05, 0.1) is 21.8 Å². The molecule has 0 atom stereocenters. The zero-order chi connectivity index (χ0) is 20.3. The van der Waals surface area contributed by atoms with E-state index in [9.17, 15) is 22.8 Å². The van der Waals surface area contributed by atoms with Crippen molar-refractivity contribution in [3.05, 3.63) is 69.8 Å². The van der Waals surface area contributed by atoms with Crippen LogP contribution in [0.2, 0.25) is 5.02 Å². The van der Waals surface area contributed by atoms with E-state index in [1.54, 1.807) is 12.1 Å².